The lowest BCUT2D eigenvalue weighted by molar-refractivity contribution is -0.122. The number of thiocarbonyl (C=S) groups is 1. The number of aromatic nitrogens is 1. The normalized spacial score (nSPS) is 18.6. The number of morpholine rings is 1. The van der Waals surface area contributed by atoms with Gasteiger partial charge in [-0.1, -0.05) is 61.8 Å². The summed E-state index contributed by atoms with van der Waals surface area (Å²) in [6.07, 6.45) is 6.46. The number of benzene rings is 1. The van der Waals surface area contributed by atoms with Crippen molar-refractivity contribution in [3.8, 4) is 0 Å². The molecule has 0 bridgehead atoms. The molecule has 0 atom stereocenters. The Labute approximate surface area is 193 Å². The Bertz CT molecular complexity index is 1020. The van der Waals surface area contributed by atoms with Gasteiger partial charge in [0.15, 0.2) is 0 Å². The van der Waals surface area contributed by atoms with Crippen LogP contribution in [0.3, 0.4) is 0 Å². The molecule has 0 N–H and O–H groups in total. The molecule has 2 aromatic rings. The monoisotopic (exact) mass is 455 g/mol. The number of pyridine rings is 1. The van der Waals surface area contributed by atoms with Crippen molar-refractivity contribution in [2.45, 2.75) is 39.5 Å². The van der Waals surface area contributed by atoms with Crippen molar-refractivity contribution < 1.29 is 9.53 Å². The molecule has 3 heterocycles. The minimum Gasteiger partial charge on any atom is -0.378 e. The van der Waals surface area contributed by atoms with Gasteiger partial charge in [-0.15, -0.1) is 0 Å². The van der Waals surface area contributed by atoms with Gasteiger partial charge in [0.05, 0.1) is 23.6 Å². The second-order valence-electron chi connectivity index (χ2n) is 8.09. The summed E-state index contributed by atoms with van der Waals surface area (Å²) in [7, 11) is 0. The molecular weight excluding hydrogens is 426 g/mol. The lowest BCUT2D eigenvalue weighted by Gasteiger charge is -2.29. The first-order chi connectivity index (χ1) is 15.1. The maximum absolute atomic E-state index is 13.1. The molecular formula is C24H29N3O2S2. The number of aryl methyl sites for hydroxylation is 1. The smallest absolute Gasteiger partial charge is 0.266 e. The highest BCUT2D eigenvalue weighted by molar-refractivity contribution is 8.26. The summed E-state index contributed by atoms with van der Waals surface area (Å²) in [4.78, 5) is 22.8. The van der Waals surface area contributed by atoms with Crippen molar-refractivity contribution in [1.82, 2.24) is 9.88 Å². The van der Waals surface area contributed by atoms with Gasteiger partial charge in [-0.3, -0.25) is 9.69 Å². The molecule has 2 aliphatic heterocycles. The van der Waals surface area contributed by atoms with Crippen LogP contribution in [-0.2, 0) is 9.53 Å². The van der Waals surface area contributed by atoms with Crippen LogP contribution in [0.15, 0.2) is 29.2 Å². The van der Waals surface area contributed by atoms with E-state index >= 15 is 0 Å². The molecule has 0 aliphatic carbocycles. The Morgan fingerprint density at radius 1 is 1.19 bits per heavy atom. The highest BCUT2D eigenvalue weighted by Gasteiger charge is 2.32. The predicted molar refractivity (Wildman–Crippen MR) is 134 cm³/mol. The fraction of sp³-hybridized carbons (Fsp3) is 0.458. The SMILES string of the molecule is CCCCCCN1C(=O)/C(=C/c2cc3cc(C)ccc3nc2N2CCOCC2)SC1=S. The van der Waals surface area contributed by atoms with Crippen molar-refractivity contribution in [2.24, 2.45) is 0 Å². The standard InChI is InChI=1S/C24H29N3O2S2/c1-3-4-5-6-9-27-23(28)21(31-24(27)30)16-19-15-18-14-17(2)7-8-20(18)25-22(19)26-10-12-29-13-11-26/h7-8,14-16H,3-6,9-13H2,1-2H3/b21-16-. The first kappa shape index (κ1) is 22.2. The average molecular weight is 456 g/mol. The fourth-order valence-corrected chi connectivity index (χ4v) is 5.27. The maximum Gasteiger partial charge on any atom is 0.266 e. The van der Waals surface area contributed by atoms with Gasteiger partial charge in [-0.05, 0) is 37.6 Å². The van der Waals surface area contributed by atoms with Crippen LogP contribution < -0.4 is 4.90 Å². The van der Waals surface area contributed by atoms with Gasteiger partial charge in [0, 0.05) is 30.6 Å². The van der Waals surface area contributed by atoms with E-state index in [1.54, 1.807) is 4.90 Å². The van der Waals surface area contributed by atoms with Gasteiger partial charge in [0.2, 0.25) is 0 Å². The second kappa shape index (κ2) is 10.1. The zero-order valence-corrected chi connectivity index (χ0v) is 19.9. The van der Waals surface area contributed by atoms with Crippen LogP contribution in [0, 0.1) is 6.92 Å². The van der Waals surface area contributed by atoms with Crippen molar-refractivity contribution in [1.29, 1.82) is 0 Å². The Morgan fingerprint density at radius 3 is 2.77 bits per heavy atom. The van der Waals surface area contributed by atoms with Crippen LogP contribution in [0.1, 0.15) is 43.7 Å². The molecule has 1 aromatic carbocycles. The van der Waals surface area contributed by atoms with Gasteiger partial charge in [0.25, 0.3) is 5.91 Å². The third-order valence-corrected chi connectivity index (χ3v) is 7.06. The molecule has 0 saturated carbocycles. The Hall–Kier alpha value is -1.96. The van der Waals surface area contributed by atoms with E-state index in [2.05, 4.69) is 43.0 Å². The molecule has 0 unspecified atom stereocenters. The molecule has 164 valence electrons. The van der Waals surface area contributed by atoms with E-state index in [4.69, 9.17) is 21.9 Å². The number of amides is 1. The largest absolute Gasteiger partial charge is 0.378 e. The molecule has 1 aromatic heterocycles. The van der Waals surface area contributed by atoms with Crippen molar-refractivity contribution in [3.63, 3.8) is 0 Å². The van der Waals surface area contributed by atoms with E-state index in [0.29, 0.717) is 29.0 Å². The number of carbonyl (C=O) groups is 1. The highest BCUT2D eigenvalue weighted by atomic mass is 32.2. The number of anilines is 1. The van der Waals surface area contributed by atoms with Crippen LogP contribution >= 0.6 is 24.0 Å². The van der Waals surface area contributed by atoms with E-state index in [-0.39, 0.29) is 5.91 Å². The number of unbranched alkanes of at least 4 members (excludes halogenated alkanes) is 3. The minimum atomic E-state index is 0.0174. The molecule has 0 radical (unpaired) electrons. The van der Waals surface area contributed by atoms with Gasteiger partial charge < -0.3 is 9.64 Å². The molecule has 5 nitrogen and oxygen atoms in total. The Morgan fingerprint density at radius 2 is 2.00 bits per heavy atom. The van der Waals surface area contributed by atoms with E-state index in [0.717, 1.165) is 48.2 Å². The number of thioether (sulfide) groups is 1. The van der Waals surface area contributed by atoms with Crippen LogP contribution in [0.5, 0.6) is 0 Å². The first-order valence-corrected chi connectivity index (χ1v) is 12.3. The summed E-state index contributed by atoms with van der Waals surface area (Å²) >= 11 is 6.93. The highest BCUT2D eigenvalue weighted by Crippen LogP contribution is 2.35. The Balaban J connectivity index is 1.66. The lowest BCUT2D eigenvalue weighted by atomic mass is 10.1. The van der Waals surface area contributed by atoms with Crippen molar-refractivity contribution >= 4 is 57.0 Å². The fourth-order valence-electron chi connectivity index (χ4n) is 3.97. The maximum atomic E-state index is 13.1. The summed E-state index contributed by atoms with van der Waals surface area (Å²) in [5.41, 5.74) is 3.12. The number of rotatable bonds is 7. The zero-order chi connectivity index (χ0) is 21.8. The van der Waals surface area contributed by atoms with Gasteiger partial charge in [0.1, 0.15) is 10.1 Å². The molecule has 2 aliphatic rings. The van der Waals surface area contributed by atoms with Crippen LogP contribution in [0.4, 0.5) is 5.82 Å². The Kier molecular flexibility index (Phi) is 7.25. The molecule has 4 rings (SSSR count). The molecule has 2 saturated heterocycles. The number of nitrogens with zero attached hydrogens (tertiary/aromatic N) is 3. The van der Waals surface area contributed by atoms with Crippen molar-refractivity contribution in [3.05, 3.63) is 40.3 Å². The second-order valence-corrected chi connectivity index (χ2v) is 9.77. The summed E-state index contributed by atoms with van der Waals surface area (Å²) in [5.74, 6) is 0.927. The minimum absolute atomic E-state index is 0.0174. The molecule has 31 heavy (non-hydrogen) atoms. The lowest BCUT2D eigenvalue weighted by Crippen LogP contribution is -2.37. The quantitative estimate of drug-likeness (QED) is 0.326. The summed E-state index contributed by atoms with van der Waals surface area (Å²) in [5, 5.41) is 1.08. The summed E-state index contributed by atoms with van der Waals surface area (Å²) in [6, 6.07) is 8.44. The number of ether oxygens (including phenoxy) is 1. The number of fused-ring (bicyclic) bond motifs is 1. The molecule has 7 heteroatoms. The average Bonchev–Trinajstić information content (AvgIpc) is 3.04. The van der Waals surface area contributed by atoms with E-state index in [9.17, 15) is 4.79 Å². The summed E-state index contributed by atoms with van der Waals surface area (Å²) in [6.45, 7) is 7.94. The number of carbonyl (C=O) groups excluding carboxylic acids is 1. The predicted octanol–water partition coefficient (Wildman–Crippen LogP) is 5.16. The summed E-state index contributed by atoms with van der Waals surface area (Å²) < 4.78 is 6.19. The van der Waals surface area contributed by atoms with E-state index in [1.165, 1.54) is 30.2 Å². The van der Waals surface area contributed by atoms with Crippen LogP contribution in [0.2, 0.25) is 0 Å². The van der Waals surface area contributed by atoms with E-state index in [1.807, 2.05) is 6.08 Å². The molecule has 1 amide bonds. The topological polar surface area (TPSA) is 45.7 Å². The number of hydrogen-bond donors (Lipinski definition) is 0. The molecule has 0 spiro atoms. The van der Waals surface area contributed by atoms with E-state index < -0.39 is 0 Å². The number of hydrogen-bond acceptors (Lipinski definition) is 6. The zero-order valence-electron chi connectivity index (χ0n) is 18.2. The van der Waals surface area contributed by atoms with Gasteiger partial charge in [-0.25, -0.2) is 4.98 Å². The molecule has 2 fully saturated rings. The van der Waals surface area contributed by atoms with Crippen LogP contribution in [0.25, 0.3) is 17.0 Å². The van der Waals surface area contributed by atoms with Crippen LogP contribution in [-0.4, -0.2) is 53.0 Å². The third-order valence-electron chi connectivity index (χ3n) is 5.68. The third kappa shape index (κ3) is 5.10. The van der Waals surface area contributed by atoms with Gasteiger partial charge in [-0.2, -0.15) is 0 Å². The van der Waals surface area contributed by atoms with Gasteiger partial charge >= 0.3 is 0 Å². The first-order valence-electron chi connectivity index (χ1n) is 11.1. The van der Waals surface area contributed by atoms with Crippen molar-refractivity contribution in [2.75, 3.05) is 37.7 Å².